The fourth-order valence-corrected chi connectivity index (χ4v) is 15.3. The number of methoxy groups -OCH3 is 1. The van der Waals surface area contributed by atoms with Crippen LogP contribution in [0.3, 0.4) is 0 Å². The van der Waals surface area contributed by atoms with E-state index in [-0.39, 0.29) is 31.1 Å². The van der Waals surface area contributed by atoms with Crippen molar-refractivity contribution in [2.24, 2.45) is 0 Å². The first kappa shape index (κ1) is 57.8. The largest absolute Gasteiger partial charge is 0.497 e. The molecule has 4 N–H and O–H groups in total. The minimum absolute atomic E-state index is 0.0547. The highest BCUT2D eigenvalue weighted by Gasteiger charge is 2.27. The van der Waals surface area contributed by atoms with Gasteiger partial charge in [0, 0.05) is 34.3 Å². The second-order valence-electron chi connectivity index (χ2n) is 15.8. The number of benzene rings is 8. The quantitative estimate of drug-likeness (QED) is 0.0212. The summed E-state index contributed by atoms with van der Waals surface area (Å²) in [6, 6.07) is 42.8. The SMILES string of the molecule is COc1ccc(Sc2ccc(Oc3ccc(S(=O)(=O)c4ccc(Sc5ccc(-c6ccc(Sc7ccc(S(=O)(=O)c8ccc(C)c(SOOO)c8)cc7S(=O)(=O)O)cc6)cc5)c(SOOO)c4)cc3S(=O)(=O)O)cc2)cc1. The molecular weight excluding hydrogens is 1180 g/mol. The van der Waals surface area contributed by atoms with E-state index in [1.807, 2.05) is 36.4 Å². The van der Waals surface area contributed by atoms with Crippen molar-refractivity contribution < 1.29 is 81.5 Å². The van der Waals surface area contributed by atoms with Crippen LogP contribution in [0, 0.1) is 6.92 Å². The fraction of sp³-hybridized carbons (Fsp3) is 0.0400. The molecule has 0 atom stereocenters. The molecule has 0 saturated carbocycles. The normalized spacial score (nSPS) is 12.1. The minimum atomic E-state index is -5.02. The number of hydrogen-bond donors (Lipinski definition) is 4. The molecule has 0 radical (unpaired) electrons. The molecule has 0 fully saturated rings. The summed E-state index contributed by atoms with van der Waals surface area (Å²) in [7, 11) is -17.1. The first-order chi connectivity index (χ1) is 36.7. The summed E-state index contributed by atoms with van der Waals surface area (Å²) in [6.45, 7) is 1.67. The molecule has 8 aromatic rings. The van der Waals surface area contributed by atoms with E-state index in [4.69, 9.17) is 24.3 Å². The summed E-state index contributed by atoms with van der Waals surface area (Å²) in [5, 5.41) is 24.9. The van der Waals surface area contributed by atoms with Crippen molar-refractivity contribution in [2.45, 2.75) is 75.5 Å². The lowest BCUT2D eigenvalue weighted by atomic mass is 10.1. The topological polar surface area (TPSA) is 273 Å². The second kappa shape index (κ2) is 24.7. The van der Waals surface area contributed by atoms with Crippen molar-refractivity contribution in [3.05, 3.63) is 175 Å². The van der Waals surface area contributed by atoms with Gasteiger partial charge in [-0.05, 0) is 163 Å². The van der Waals surface area contributed by atoms with Crippen LogP contribution in [0.25, 0.3) is 11.1 Å². The lowest BCUT2D eigenvalue weighted by molar-refractivity contribution is -0.432. The van der Waals surface area contributed by atoms with Gasteiger partial charge in [0.2, 0.25) is 19.7 Å². The van der Waals surface area contributed by atoms with Gasteiger partial charge in [0.25, 0.3) is 20.2 Å². The molecule has 0 bridgehead atoms. The second-order valence-corrected chi connectivity index (χ2v) is 27.3. The maximum absolute atomic E-state index is 14.0. The minimum Gasteiger partial charge on any atom is -0.497 e. The highest BCUT2D eigenvalue weighted by Crippen LogP contribution is 2.42. The lowest BCUT2D eigenvalue weighted by Gasteiger charge is -2.14. The highest BCUT2D eigenvalue weighted by atomic mass is 32.2. The van der Waals surface area contributed by atoms with Gasteiger partial charge in [0.05, 0.1) is 55.7 Å². The molecule has 0 aliphatic carbocycles. The summed E-state index contributed by atoms with van der Waals surface area (Å²) in [6.07, 6.45) is 0. The van der Waals surface area contributed by atoms with Crippen LogP contribution < -0.4 is 9.47 Å². The Hall–Kier alpha value is -5.41. The molecule has 0 aromatic heterocycles. The number of ether oxygens (including phenoxy) is 2. The van der Waals surface area contributed by atoms with Crippen molar-refractivity contribution in [2.75, 3.05) is 7.11 Å². The first-order valence-corrected chi connectivity index (χ1v) is 31.4. The third kappa shape index (κ3) is 14.3. The standard InChI is InChI=1S/C50H38O18S9/c1-31-3-20-40(27-47(31)72-67-65-51)74(53,54)43-23-26-46(50(30-43)77(60,61)62)71-39-14-6-33(7-15-39)32-4-12-38(13-5-32)70-45-25-22-41(28-48(45)73-68-66-52)75(55,56)42-21-24-44(49(29-42)76(57,58)59)64-35-10-18-37(19-11-35)69-36-16-8-34(63-2)9-17-36/h3-30,51-52H,1-2H3,(H,57,58,59)(H,60,61,62). The van der Waals surface area contributed by atoms with Crippen molar-refractivity contribution >= 4 is 99.3 Å². The summed E-state index contributed by atoms with van der Waals surface area (Å²) >= 11 is 4.71. The zero-order valence-electron chi connectivity index (χ0n) is 39.3. The molecule has 400 valence electrons. The Kier molecular flexibility index (Phi) is 18.5. The van der Waals surface area contributed by atoms with E-state index in [1.165, 1.54) is 72.1 Å². The predicted molar refractivity (Wildman–Crippen MR) is 286 cm³/mol. The zero-order valence-corrected chi connectivity index (χ0v) is 46.7. The maximum Gasteiger partial charge on any atom is 0.298 e. The number of rotatable bonds is 22. The smallest absolute Gasteiger partial charge is 0.298 e. The molecule has 0 spiro atoms. The van der Waals surface area contributed by atoms with E-state index >= 15 is 0 Å². The van der Waals surface area contributed by atoms with Crippen LogP contribution >= 0.6 is 59.4 Å². The predicted octanol–water partition coefficient (Wildman–Crippen LogP) is 12.9. The van der Waals surface area contributed by atoms with Crippen molar-refractivity contribution in [3.63, 3.8) is 0 Å². The van der Waals surface area contributed by atoms with Gasteiger partial charge in [-0.15, -0.1) is 8.67 Å². The van der Waals surface area contributed by atoms with Gasteiger partial charge >= 0.3 is 0 Å². The molecule has 8 rings (SSSR count). The van der Waals surface area contributed by atoms with E-state index in [2.05, 4.69) is 14.4 Å². The molecule has 0 heterocycles. The van der Waals surface area contributed by atoms with Crippen LogP contribution in [0.4, 0.5) is 0 Å². The molecule has 0 aliphatic rings. The van der Waals surface area contributed by atoms with E-state index in [1.54, 1.807) is 74.7 Å². The number of hydrogen-bond acceptors (Lipinski definition) is 21. The Morgan fingerprint density at radius 3 is 1.31 bits per heavy atom. The van der Waals surface area contributed by atoms with E-state index < -0.39 is 59.5 Å². The van der Waals surface area contributed by atoms with Crippen LogP contribution in [0.5, 0.6) is 17.2 Å². The molecule has 27 heteroatoms. The van der Waals surface area contributed by atoms with Gasteiger partial charge in [-0.3, -0.25) is 9.11 Å². The van der Waals surface area contributed by atoms with Crippen molar-refractivity contribution in [3.8, 4) is 28.4 Å². The van der Waals surface area contributed by atoms with Crippen LogP contribution in [-0.4, -0.2) is 60.4 Å². The maximum atomic E-state index is 14.0. The van der Waals surface area contributed by atoms with Crippen LogP contribution in [0.1, 0.15) is 5.56 Å². The van der Waals surface area contributed by atoms with Crippen LogP contribution in [0.2, 0.25) is 0 Å². The van der Waals surface area contributed by atoms with E-state index in [0.29, 0.717) is 55.0 Å². The van der Waals surface area contributed by atoms with Crippen molar-refractivity contribution in [1.82, 2.24) is 0 Å². The monoisotopic (exact) mass is 1210 g/mol. The van der Waals surface area contributed by atoms with Gasteiger partial charge in [-0.2, -0.15) is 16.8 Å². The van der Waals surface area contributed by atoms with E-state index in [0.717, 1.165) is 56.9 Å². The Morgan fingerprint density at radius 1 is 0.403 bits per heavy atom. The molecular formula is C50H38O18S9. The van der Waals surface area contributed by atoms with Gasteiger partial charge in [0.1, 0.15) is 27.0 Å². The third-order valence-electron chi connectivity index (χ3n) is 10.9. The third-order valence-corrected chi connectivity index (χ3v) is 21.0. The first-order valence-electron chi connectivity index (χ1n) is 21.6. The molecule has 0 unspecified atom stereocenters. The molecule has 0 saturated heterocycles. The fourth-order valence-electron chi connectivity index (χ4n) is 7.07. The van der Waals surface area contributed by atoms with Gasteiger partial charge < -0.3 is 9.47 Å². The van der Waals surface area contributed by atoms with Gasteiger partial charge in [0.15, 0.2) is 0 Å². The van der Waals surface area contributed by atoms with Gasteiger partial charge in [-0.25, -0.2) is 27.4 Å². The van der Waals surface area contributed by atoms with Crippen LogP contribution in [-0.2, 0) is 58.7 Å². The Morgan fingerprint density at radius 2 is 0.805 bits per heavy atom. The number of aryl methyl sites for hydroxylation is 1. The Balaban J connectivity index is 0.957. The highest BCUT2D eigenvalue weighted by molar-refractivity contribution is 8.01. The Bertz CT molecular complexity index is 3900. The van der Waals surface area contributed by atoms with Crippen molar-refractivity contribution in [1.29, 1.82) is 0 Å². The average molecular weight is 1220 g/mol. The average Bonchev–Trinajstić information content (AvgIpc) is 3.42. The zero-order chi connectivity index (χ0) is 55.1. The summed E-state index contributed by atoms with van der Waals surface area (Å²) in [4.78, 5) is 1.23. The van der Waals surface area contributed by atoms with Gasteiger partial charge in [-0.1, -0.05) is 75.7 Å². The van der Waals surface area contributed by atoms with E-state index in [9.17, 15) is 42.8 Å². The summed E-state index contributed by atoms with van der Waals surface area (Å²) in [5.74, 6) is 0.596. The molecule has 77 heavy (non-hydrogen) atoms. The molecule has 8 aromatic carbocycles. The molecule has 0 amide bonds. The lowest BCUT2D eigenvalue weighted by Crippen LogP contribution is -2.07. The summed E-state index contributed by atoms with van der Waals surface area (Å²) < 4.78 is 146. The molecule has 18 nitrogen and oxygen atoms in total. The Labute approximate surface area is 463 Å². The number of sulfone groups is 2. The van der Waals surface area contributed by atoms with Crippen LogP contribution in [0.15, 0.2) is 238 Å². The summed E-state index contributed by atoms with van der Waals surface area (Å²) in [5.41, 5.74) is 2.14. The molecule has 0 aliphatic heterocycles.